The normalized spacial score (nSPS) is 10.8. The first-order chi connectivity index (χ1) is 10.5. The van der Waals surface area contributed by atoms with Gasteiger partial charge in [0.1, 0.15) is 11.4 Å². The van der Waals surface area contributed by atoms with Crippen LogP contribution in [0, 0.1) is 10.1 Å². The summed E-state index contributed by atoms with van der Waals surface area (Å²) in [5, 5.41) is 11.3. The molecule has 22 heavy (non-hydrogen) atoms. The molecule has 110 valence electrons. The lowest BCUT2D eigenvalue weighted by Crippen LogP contribution is -2.04. The van der Waals surface area contributed by atoms with E-state index in [9.17, 15) is 14.9 Å². The van der Waals surface area contributed by atoms with Crippen molar-refractivity contribution < 1.29 is 9.34 Å². The van der Waals surface area contributed by atoms with Crippen LogP contribution in [-0.4, -0.2) is 4.92 Å². The van der Waals surface area contributed by atoms with Crippen molar-refractivity contribution in [1.82, 2.24) is 0 Å². The monoisotopic (exact) mass is 360 g/mol. The van der Waals surface area contributed by atoms with Crippen LogP contribution in [0.15, 0.2) is 56.1 Å². The second-order valence-corrected chi connectivity index (χ2v) is 5.53. The summed E-state index contributed by atoms with van der Waals surface area (Å²) < 4.78 is 6.47. The second kappa shape index (κ2) is 5.27. The van der Waals surface area contributed by atoms with Crippen LogP contribution in [0.1, 0.15) is 0 Å². The van der Waals surface area contributed by atoms with Crippen LogP contribution in [0.4, 0.5) is 11.4 Å². The number of nitrogens with zero attached hydrogens (tertiary/aromatic N) is 1. The smallest absolute Gasteiger partial charge is 0.334 e. The first kappa shape index (κ1) is 14.3. The molecule has 0 spiro atoms. The minimum Gasteiger partial charge on any atom is -0.448 e. The first-order valence-electron chi connectivity index (χ1n) is 6.24. The summed E-state index contributed by atoms with van der Waals surface area (Å²) in [6.07, 6.45) is 0. The van der Waals surface area contributed by atoms with Crippen molar-refractivity contribution in [1.29, 1.82) is 0 Å². The van der Waals surface area contributed by atoms with Gasteiger partial charge in [0.25, 0.3) is 0 Å². The number of hydrogen-bond donors (Lipinski definition) is 1. The lowest BCUT2D eigenvalue weighted by Gasteiger charge is -2.05. The third kappa shape index (κ3) is 2.35. The molecule has 6 nitrogen and oxygen atoms in total. The van der Waals surface area contributed by atoms with Crippen LogP contribution in [0.3, 0.4) is 0 Å². The van der Waals surface area contributed by atoms with Gasteiger partial charge in [-0.25, -0.2) is 0 Å². The molecule has 3 rings (SSSR count). The number of fused-ring (bicyclic) bond motifs is 1. The Hall–Kier alpha value is -2.67. The second-order valence-electron chi connectivity index (χ2n) is 4.62. The quantitative estimate of drug-likeness (QED) is 0.426. The van der Waals surface area contributed by atoms with E-state index in [0.717, 1.165) is 4.47 Å². The van der Waals surface area contributed by atoms with E-state index in [1.807, 2.05) is 0 Å². The van der Waals surface area contributed by atoms with E-state index >= 15 is 0 Å². The van der Waals surface area contributed by atoms with Crippen LogP contribution in [0.2, 0.25) is 0 Å². The standard InChI is InChI=1S/C15H9BrN2O4/c16-9-3-1-8(2-4-9)13-7-12(19)10-5-6-11(17)14(18(20)21)15(10)22-13/h1-7H,17H2. The van der Waals surface area contributed by atoms with Gasteiger partial charge in [0.2, 0.25) is 5.58 Å². The maximum absolute atomic E-state index is 12.2. The summed E-state index contributed by atoms with van der Waals surface area (Å²) in [6, 6.07) is 11.1. The summed E-state index contributed by atoms with van der Waals surface area (Å²) in [6.45, 7) is 0. The van der Waals surface area contributed by atoms with Gasteiger partial charge in [-0.15, -0.1) is 0 Å². The van der Waals surface area contributed by atoms with Gasteiger partial charge in [0.15, 0.2) is 5.43 Å². The summed E-state index contributed by atoms with van der Waals surface area (Å²) in [4.78, 5) is 22.7. The topological polar surface area (TPSA) is 99.4 Å². The van der Waals surface area contributed by atoms with Crippen LogP contribution in [0.25, 0.3) is 22.3 Å². The van der Waals surface area contributed by atoms with Crippen LogP contribution < -0.4 is 11.2 Å². The SMILES string of the molecule is Nc1ccc2c(=O)cc(-c3ccc(Br)cc3)oc2c1[N+](=O)[O-]. The van der Waals surface area contributed by atoms with E-state index in [0.29, 0.717) is 5.56 Å². The molecule has 0 aliphatic rings. The Morgan fingerprint density at radius 2 is 1.82 bits per heavy atom. The lowest BCUT2D eigenvalue weighted by atomic mass is 10.1. The van der Waals surface area contributed by atoms with E-state index < -0.39 is 10.6 Å². The van der Waals surface area contributed by atoms with E-state index in [2.05, 4.69) is 15.9 Å². The fourth-order valence-electron chi connectivity index (χ4n) is 2.16. The number of nitro benzene ring substituents is 1. The Kier molecular flexibility index (Phi) is 3.42. The number of nitrogen functional groups attached to an aromatic ring is 1. The maximum atomic E-state index is 12.2. The molecule has 0 radical (unpaired) electrons. The number of anilines is 1. The summed E-state index contributed by atoms with van der Waals surface area (Å²) in [5.41, 5.74) is 5.36. The maximum Gasteiger partial charge on any atom is 0.334 e. The van der Waals surface area contributed by atoms with Crippen molar-refractivity contribution in [2.75, 3.05) is 5.73 Å². The number of halogens is 1. The van der Waals surface area contributed by atoms with Gasteiger partial charge in [0, 0.05) is 16.1 Å². The fraction of sp³-hybridized carbons (Fsp3) is 0. The largest absolute Gasteiger partial charge is 0.448 e. The van der Waals surface area contributed by atoms with E-state index in [1.165, 1.54) is 18.2 Å². The molecule has 0 saturated carbocycles. The van der Waals surface area contributed by atoms with Crippen molar-refractivity contribution in [3.8, 4) is 11.3 Å². The van der Waals surface area contributed by atoms with Crippen molar-refractivity contribution in [3.63, 3.8) is 0 Å². The average molecular weight is 361 g/mol. The van der Waals surface area contributed by atoms with Crippen molar-refractivity contribution in [3.05, 3.63) is 67.3 Å². The fourth-order valence-corrected chi connectivity index (χ4v) is 2.43. The van der Waals surface area contributed by atoms with Gasteiger partial charge in [-0.2, -0.15) is 0 Å². The van der Waals surface area contributed by atoms with Crippen molar-refractivity contribution in [2.24, 2.45) is 0 Å². The molecule has 2 N–H and O–H groups in total. The van der Waals surface area contributed by atoms with E-state index in [-0.39, 0.29) is 27.8 Å². The molecule has 0 aliphatic carbocycles. The average Bonchev–Trinajstić information content (AvgIpc) is 2.47. The van der Waals surface area contributed by atoms with Crippen molar-refractivity contribution in [2.45, 2.75) is 0 Å². The van der Waals surface area contributed by atoms with Crippen LogP contribution in [0.5, 0.6) is 0 Å². The van der Waals surface area contributed by atoms with E-state index in [1.54, 1.807) is 24.3 Å². The molecule has 0 saturated heterocycles. The van der Waals surface area contributed by atoms with Crippen LogP contribution in [-0.2, 0) is 0 Å². The van der Waals surface area contributed by atoms with Gasteiger partial charge in [-0.3, -0.25) is 14.9 Å². The summed E-state index contributed by atoms with van der Waals surface area (Å²) in [7, 11) is 0. The zero-order chi connectivity index (χ0) is 15.9. The Labute approximate surface area is 132 Å². The molecule has 0 amide bonds. The Bertz CT molecular complexity index is 948. The van der Waals surface area contributed by atoms with Gasteiger partial charge in [-0.05, 0) is 24.3 Å². The molecule has 0 unspecified atom stereocenters. The van der Waals surface area contributed by atoms with Crippen molar-refractivity contribution >= 4 is 38.3 Å². The number of rotatable bonds is 2. The summed E-state index contributed by atoms with van der Waals surface area (Å²) in [5.74, 6) is 0.249. The molecule has 0 aliphatic heterocycles. The number of nitro groups is 1. The molecule has 1 aromatic heterocycles. The highest BCUT2D eigenvalue weighted by Crippen LogP contribution is 2.32. The third-order valence-corrected chi connectivity index (χ3v) is 3.74. The van der Waals surface area contributed by atoms with Crippen LogP contribution >= 0.6 is 15.9 Å². The molecule has 3 aromatic rings. The molecule has 0 atom stereocenters. The molecule has 0 bridgehead atoms. The molecular formula is C15H9BrN2O4. The molecule has 2 aromatic carbocycles. The molecule has 0 fully saturated rings. The van der Waals surface area contributed by atoms with E-state index in [4.69, 9.17) is 10.2 Å². The predicted molar refractivity (Wildman–Crippen MR) is 86.7 cm³/mol. The Morgan fingerprint density at radius 3 is 2.45 bits per heavy atom. The Balaban J connectivity index is 2.35. The minimum absolute atomic E-state index is 0.0476. The lowest BCUT2D eigenvalue weighted by molar-refractivity contribution is -0.382. The highest BCUT2D eigenvalue weighted by molar-refractivity contribution is 9.10. The zero-order valence-corrected chi connectivity index (χ0v) is 12.7. The highest BCUT2D eigenvalue weighted by Gasteiger charge is 2.21. The molecule has 7 heteroatoms. The highest BCUT2D eigenvalue weighted by atomic mass is 79.9. The predicted octanol–water partition coefficient (Wildman–Crippen LogP) is 3.71. The zero-order valence-electron chi connectivity index (χ0n) is 11.1. The first-order valence-corrected chi connectivity index (χ1v) is 7.03. The number of nitrogens with two attached hydrogens (primary N) is 1. The number of benzene rings is 2. The van der Waals surface area contributed by atoms with Gasteiger partial charge < -0.3 is 10.2 Å². The van der Waals surface area contributed by atoms with Gasteiger partial charge in [-0.1, -0.05) is 28.1 Å². The third-order valence-electron chi connectivity index (χ3n) is 3.21. The summed E-state index contributed by atoms with van der Waals surface area (Å²) >= 11 is 3.31. The number of hydrogen-bond acceptors (Lipinski definition) is 5. The molecule has 1 heterocycles. The Morgan fingerprint density at radius 1 is 1.14 bits per heavy atom. The minimum atomic E-state index is -0.647. The van der Waals surface area contributed by atoms with Gasteiger partial charge >= 0.3 is 5.69 Å². The molecular weight excluding hydrogens is 352 g/mol. The van der Waals surface area contributed by atoms with Gasteiger partial charge in [0.05, 0.1) is 10.3 Å².